The van der Waals surface area contributed by atoms with E-state index < -0.39 is 6.10 Å². The highest BCUT2D eigenvalue weighted by atomic mass is 16.6. The van der Waals surface area contributed by atoms with Crippen LogP contribution < -0.4 is 0 Å². The molecular formula is C72H132O6. The molecule has 6 nitrogen and oxygen atoms in total. The van der Waals surface area contributed by atoms with Gasteiger partial charge >= 0.3 is 17.9 Å². The first-order valence-electron chi connectivity index (χ1n) is 34.6. The van der Waals surface area contributed by atoms with E-state index in [0.717, 1.165) is 83.5 Å². The van der Waals surface area contributed by atoms with Gasteiger partial charge in [0, 0.05) is 19.3 Å². The Morgan fingerprint density at radius 2 is 0.500 bits per heavy atom. The van der Waals surface area contributed by atoms with Crippen molar-refractivity contribution in [2.24, 2.45) is 0 Å². The normalized spacial score (nSPS) is 12.3. The van der Waals surface area contributed by atoms with Crippen molar-refractivity contribution in [2.45, 2.75) is 380 Å². The molecule has 0 spiro atoms. The summed E-state index contributed by atoms with van der Waals surface area (Å²) in [7, 11) is 0. The number of ether oxygens (including phenoxy) is 3. The molecule has 0 fully saturated rings. The number of allylic oxidation sites excluding steroid dienone is 8. The zero-order valence-corrected chi connectivity index (χ0v) is 52.5. The van der Waals surface area contributed by atoms with Crippen LogP contribution in [0, 0.1) is 0 Å². The molecule has 0 bridgehead atoms. The molecule has 1 unspecified atom stereocenters. The number of rotatable bonds is 64. The van der Waals surface area contributed by atoms with Crippen LogP contribution in [0.5, 0.6) is 0 Å². The van der Waals surface area contributed by atoms with Gasteiger partial charge in [-0.15, -0.1) is 0 Å². The van der Waals surface area contributed by atoms with Crippen LogP contribution in [0.25, 0.3) is 0 Å². The maximum absolute atomic E-state index is 12.9. The fourth-order valence-electron chi connectivity index (χ4n) is 10.4. The second-order valence-electron chi connectivity index (χ2n) is 23.4. The standard InChI is InChI=1S/C72H132O6/c1-4-7-10-13-16-18-20-22-24-26-28-30-32-33-34-35-36-37-38-39-40-42-43-45-47-49-51-53-56-59-62-65-71(74)77-68-69(67-76-70(73)64-61-58-55-15-12-9-6-3)78-72(75)66-63-60-57-54-52-50-48-46-44-41-31-29-27-25-23-21-19-17-14-11-8-5-2/h7,10,16,18,22,24,28,30,69H,4-6,8-9,11-15,17,19-21,23,25-27,29,31-68H2,1-3H3/b10-7-,18-16-,24-22-,30-28-. The first-order chi connectivity index (χ1) is 38.5. The largest absolute Gasteiger partial charge is 0.462 e. The van der Waals surface area contributed by atoms with Crippen LogP contribution in [0.3, 0.4) is 0 Å². The van der Waals surface area contributed by atoms with Gasteiger partial charge in [0.25, 0.3) is 0 Å². The minimum Gasteiger partial charge on any atom is -0.462 e. The first kappa shape index (κ1) is 75.4. The zero-order chi connectivity index (χ0) is 56.4. The highest BCUT2D eigenvalue weighted by Crippen LogP contribution is 2.19. The van der Waals surface area contributed by atoms with Crippen LogP contribution >= 0.6 is 0 Å². The Bertz CT molecular complexity index is 1350. The summed E-state index contributed by atoms with van der Waals surface area (Å²) in [5, 5.41) is 0. The lowest BCUT2D eigenvalue weighted by Gasteiger charge is -2.18. The fraction of sp³-hybridized carbons (Fsp3) is 0.847. The van der Waals surface area contributed by atoms with E-state index in [1.165, 1.54) is 250 Å². The summed E-state index contributed by atoms with van der Waals surface area (Å²) in [4.78, 5) is 38.2. The molecular weight excluding hydrogens is 961 g/mol. The molecule has 0 aliphatic heterocycles. The van der Waals surface area contributed by atoms with Crippen molar-refractivity contribution in [3.05, 3.63) is 48.6 Å². The smallest absolute Gasteiger partial charge is 0.306 e. The lowest BCUT2D eigenvalue weighted by atomic mass is 10.0. The second-order valence-corrected chi connectivity index (χ2v) is 23.4. The van der Waals surface area contributed by atoms with E-state index in [-0.39, 0.29) is 31.1 Å². The quantitative estimate of drug-likeness (QED) is 0.0261. The monoisotopic (exact) mass is 1090 g/mol. The summed E-state index contributed by atoms with van der Waals surface area (Å²) in [6.07, 6.45) is 84.6. The lowest BCUT2D eigenvalue weighted by molar-refractivity contribution is -0.167. The molecule has 0 amide bonds. The van der Waals surface area contributed by atoms with E-state index in [4.69, 9.17) is 14.2 Å². The molecule has 0 rings (SSSR count). The molecule has 456 valence electrons. The SMILES string of the molecule is CC/C=C\C/C=C\C/C=C\C/C=C\CCCCCCCCCCCCCCCCCCCCC(=O)OCC(COC(=O)CCCCCCCCC)OC(=O)CCCCCCCCCCCCCCCCCCCCCCCC. The van der Waals surface area contributed by atoms with Crippen LogP contribution in [0.2, 0.25) is 0 Å². The third kappa shape index (κ3) is 64.2. The minimum absolute atomic E-state index is 0.0662. The fourth-order valence-corrected chi connectivity index (χ4v) is 10.4. The van der Waals surface area contributed by atoms with Gasteiger partial charge in [-0.1, -0.05) is 345 Å². The molecule has 1 atom stereocenters. The maximum atomic E-state index is 12.9. The third-order valence-corrected chi connectivity index (χ3v) is 15.6. The highest BCUT2D eigenvalue weighted by molar-refractivity contribution is 5.71. The Morgan fingerprint density at radius 1 is 0.269 bits per heavy atom. The molecule has 78 heavy (non-hydrogen) atoms. The number of hydrogen-bond acceptors (Lipinski definition) is 6. The van der Waals surface area contributed by atoms with E-state index in [1.54, 1.807) is 0 Å². The average molecular weight is 1090 g/mol. The van der Waals surface area contributed by atoms with Crippen LogP contribution in [0.1, 0.15) is 374 Å². The van der Waals surface area contributed by atoms with Gasteiger partial charge in [-0.25, -0.2) is 0 Å². The van der Waals surface area contributed by atoms with Gasteiger partial charge in [-0.2, -0.15) is 0 Å². The molecule has 0 saturated carbocycles. The third-order valence-electron chi connectivity index (χ3n) is 15.6. The van der Waals surface area contributed by atoms with Crippen LogP contribution in [-0.4, -0.2) is 37.2 Å². The van der Waals surface area contributed by atoms with Gasteiger partial charge < -0.3 is 14.2 Å². The molecule has 0 aromatic carbocycles. The Morgan fingerprint density at radius 3 is 0.782 bits per heavy atom. The van der Waals surface area contributed by atoms with Crippen molar-refractivity contribution in [3.63, 3.8) is 0 Å². The molecule has 0 aromatic rings. The minimum atomic E-state index is -0.766. The van der Waals surface area contributed by atoms with E-state index in [9.17, 15) is 14.4 Å². The highest BCUT2D eigenvalue weighted by Gasteiger charge is 2.19. The van der Waals surface area contributed by atoms with Gasteiger partial charge in [0.05, 0.1) is 0 Å². The van der Waals surface area contributed by atoms with Crippen LogP contribution in [0.15, 0.2) is 48.6 Å². The van der Waals surface area contributed by atoms with Gasteiger partial charge in [-0.3, -0.25) is 14.4 Å². The molecule has 0 N–H and O–H groups in total. The van der Waals surface area contributed by atoms with Crippen molar-refractivity contribution in [3.8, 4) is 0 Å². The van der Waals surface area contributed by atoms with Gasteiger partial charge in [0.2, 0.25) is 0 Å². The Hall–Kier alpha value is -2.63. The molecule has 0 aliphatic carbocycles. The Kier molecular flexibility index (Phi) is 64.6. The van der Waals surface area contributed by atoms with Gasteiger partial charge in [-0.05, 0) is 57.8 Å². The molecule has 0 aromatic heterocycles. The number of carbonyl (C=O) groups is 3. The number of hydrogen-bond donors (Lipinski definition) is 0. The van der Waals surface area contributed by atoms with Gasteiger partial charge in [0.1, 0.15) is 13.2 Å². The van der Waals surface area contributed by atoms with Crippen molar-refractivity contribution >= 4 is 17.9 Å². The van der Waals surface area contributed by atoms with E-state index in [2.05, 4.69) is 69.4 Å². The number of esters is 3. The number of unbranched alkanes of at least 4 members (excludes halogenated alkanes) is 45. The Balaban J connectivity index is 4.00. The molecule has 0 radical (unpaired) electrons. The van der Waals surface area contributed by atoms with Crippen molar-refractivity contribution < 1.29 is 28.6 Å². The molecule has 0 heterocycles. The summed E-state index contributed by atoms with van der Waals surface area (Å²) in [5.74, 6) is -0.846. The summed E-state index contributed by atoms with van der Waals surface area (Å²) >= 11 is 0. The van der Waals surface area contributed by atoms with E-state index in [1.807, 2.05) is 0 Å². The molecule has 0 saturated heterocycles. The van der Waals surface area contributed by atoms with E-state index in [0.29, 0.717) is 19.3 Å². The topological polar surface area (TPSA) is 78.9 Å². The lowest BCUT2D eigenvalue weighted by Crippen LogP contribution is -2.30. The van der Waals surface area contributed by atoms with Gasteiger partial charge in [0.15, 0.2) is 6.10 Å². The van der Waals surface area contributed by atoms with Crippen molar-refractivity contribution in [2.75, 3.05) is 13.2 Å². The predicted octanol–water partition coefficient (Wildman–Crippen LogP) is 23.7. The summed E-state index contributed by atoms with van der Waals surface area (Å²) in [6, 6.07) is 0. The number of carbonyl (C=O) groups excluding carboxylic acids is 3. The average Bonchev–Trinajstić information content (AvgIpc) is 3.44. The zero-order valence-electron chi connectivity index (χ0n) is 52.5. The first-order valence-corrected chi connectivity index (χ1v) is 34.6. The van der Waals surface area contributed by atoms with E-state index >= 15 is 0 Å². The summed E-state index contributed by atoms with van der Waals surface area (Å²) < 4.78 is 16.9. The second kappa shape index (κ2) is 66.9. The van der Waals surface area contributed by atoms with Crippen molar-refractivity contribution in [1.82, 2.24) is 0 Å². The maximum Gasteiger partial charge on any atom is 0.306 e. The van der Waals surface area contributed by atoms with Crippen molar-refractivity contribution in [1.29, 1.82) is 0 Å². The summed E-state index contributed by atoms with van der Waals surface area (Å²) in [6.45, 7) is 6.55. The van der Waals surface area contributed by atoms with Crippen LogP contribution in [-0.2, 0) is 28.6 Å². The molecule has 0 aliphatic rings. The van der Waals surface area contributed by atoms with Crippen LogP contribution in [0.4, 0.5) is 0 Å². The Labute approximate surface area is 486 Å². The summed E-state index contributed by atoms with van der Waals surface area (Å²) in [5.41, 5.74) is 0. The molecule has 6 heteroatoms. The predicted molar refractivity (Wildman–Crippen MR) is 339 cm³/mol.